The first-order valence-electron chi connectivity index (χ1n) is 9.83. The first-order valence-corrected chi connectivity index (χ1v) is 10.2. The minimum Gasteiger partial charge on any atom is -0.351 e. The summed E-state index contributed by atoms with van der Waals surface area (Å²) in [6.45, 7) is 4.06. The second kappa shape index (κ2) is 8.51. The highest BCUT2D eigenvalue weighted by molar-refractivity contribution is 7.80. The van der Waals surface area contributed by atoms with Crippen molar-refractivity contribution in [2.75, 3.05) is 5.32 Å². The normalized spacial score (nSPS) is 15.9. The Morgan fingerprint density at radius 3 is 2.10 bits per heavy atom. The number of anilines is 1. The van der Waals surface area contributed by atoms with E-state index in [2.05, 4.69) is 16.0 Å². The van der Waals surface area contributed by atoms with Crippen molar-refractivity contribution in [1.82, 2.24) is 10.6 Å². The first kappa shape index (κ1) is 19.9. The van der Waals surface area contributed by atoms with Gasteiger partial charge in [0, 0.05) is 5.69 Å². The van der Waals surface area contributed by atoms with E-state index in [1.807, 2.05) is 92.7 Å². The Bertz CT molecular complexity index is 1100. The minimum absolute atomic E-state index is 0.175. The van der Waals surface area contributed by atoms with Crippen molar-refractivity contribution in [3.63, 3.8) is 0 Å². The lowest BCUT2D eigenvalue weighted by Crippen LogP contribution is -2.45. The van der Waals surface area contributed by atoms with Gasteiger partial charge in [0.1, 0.15) is 0 Å². The maximum absolute atomic E-state index is 13.5. The zero-order valence-corrected chi connectivity index (χ0v) is 17.7. The maximum atomic E-state index is 13.5. The van der Waals surface area contributed by atoms with E-state index in [1.54, 1.807) is 0 Å². The van der Waals surface area contributed by atoms with E-state index in [-0.39, 0.29) is 11.9 Å². The van der Waals surface area contributed by atoms with E-state index in [9.17, 15) is 4.79 Å². The van der Waals surface area contributed by atoms with Gasteiger partial charge in [0.2, 0.25) is 0 Å². The third kappa shape index (κ3) is 4.26. The van der Waals surface area contributed by atoms with Gasteiger partial charge in [-0.25, -0.2) is 0 Å². The van der Waals surface area contributed by atoms with Gasteiger partial charge in [-0.1, -0.05) is 77.9 Å². The molecule has 1 atom stereocenters. The van der Waals surface area contributed by atoms with Crippen LogP contribution in [-0.2, 0) is 4.79 Å². The molecule has 1 unspecified atom stereocenters. The molecule has 1 aliphatic heterocycles. The van der Waals surface area contributed by atoms with Crippen LogP contribution in [-0.4, -0.2) is 11.0 Å². The molecule has 0 fully saturated rings. The van der Waals surface area contributed by atoms with Crippen LogP contribution in [0, 0.1) is 13.8 Å². The molecule has 0 spiro atoms. The van der Waals surface area contributed by atoms with Crippen LogP contribution in [0.4, 0.5) is 5.69 Å². The first-order chi connectivity index (χ1) is 14.5. The quantitative estimate of drug-likeness (QED) is 0.534. The number of carbonyl (C=O) groups excluding carboxylic acids is 1. The fraction of sp³-hybridized carbons (Fsp3) is 0.120. The van der Waals surface area contributed by atoms with Gasteiger partial charge in [0.05, 0.1) is 17.3 Å². The third-order valence-corrected chi connectivity index (χ3v) is 5.32. The smallest absolute Gasteiger partial charge is 0.256 e. The molecule has 1 amide bonds. The molecule has 4 nitrogen and oxygen atoms in total. The Labute approximate surface area is 182 Å². The molecule has 1 aliphatic rings. The van der Waals surface area contributed by atoms with Crippen LogP contribution in [0.3, 0.4) is 0 Å². The highest BCUT2D eigenvalue weighted by Crippen LogP contribution is 2.32. The summed E-state index contributed by atoms with van der Waals surface area (Å²) in [5.41, 5.74) is 6.25. The number of thiocarbonyl (C=S) groups is 1. The van der Waals surface area contributed by atoms with E-state index in [0.29, 0.717) is 10.7 Å². The van der Waals surface area contributed by atoms with Crippen LogP contribution in [0.25, 0.3) is 5.70 Å². The van der Waals surface area contributed by atoms with E-state index in [1.165, 1.54) is 0 Å². The lowest BCUT2D eigenvalue weighted by Gasteiger charge is -2.32. The molecule has 0 saturated carbocycles. The van der Waals surface area contributed by atoms with E-state index in [0.717, 1.165) is 33.6 Å². The summed E-state index contributed by atoms with van der Waals surface area (Å²) in [5, 5.41) is 10.0. The summed E-state index contributed by atoms with van der Waals surface area (Å²) in [4.78, 5) is 13.5. The van der Waals surface area contributed by atoms with Gasteiger partial charge in [-0.05, 0) is 49.3 Å². The lowest BCUT2D eigenvalue weighted by molar-refractivity contribution is -0.113. The number of benzene rings is 3. The SMILES string of the molecule is Cc1ccc(NC(=O)C2=C(c3ccccc3)NC(=S)NC2c2ccc(C)cc2)cc1. The monoisotopic (exact) mass is 413 g/mol. The van der Waals surface area contributed by atoms with Crippen molar-refractivity contribution < 1.29 is 4.79 Å². The molecule has 0 bridgehead atoms. The molecule has 0 saturated heterocycles. The number of hydrogen-bond donors (Lipinski definition) is 3. The van der Waals surface area contributed by atoms with Gasteiger partial charge in [0.25, 0.3) is 5.91 Å². The lowest BCUT2D eigenvalue weighted by atomic mass is 9.91. The van der Waals surface area contributed by atoms with Gasteiger partial charge < -0.3 is 16.0 Å². The Morgan fingerprint density at radius 1 is 0.867 bits per heavy atom. The summed E-state index contributed by atoms with van der Waals surface area (Å²) in [7, 11) is 0. The Hall–Kier alpha value is -3.44. The summed E-state index contributed by atoms with van der Waals surface area (Å²) in [5.74, 6) is -0.175. The predicted octanol–water partition coefficient (Wildman–Crippen LogP) is 4.87. The molecule has 5 heteroatoms. The molecule has 3 aromatic rings. The van der Waals surface area contributed by atoms with E-state index < -0.39 is 0 Å². The molecule has 4 rings (SSSR count). The molecule has 1 heterocycles. The zero-order chi connectivity index (χ0) is 21.1. The van der Waals surface area contributed by atoms with Gasteiger partial charge in [-0.15, -0.1) is 0 Å². The molecule has 0 aromatic heterocycles. The molecular weight excluding hydrogens is 390 g/mol. The number of hydrogen-bond acceptors (Lipinski definition) is 2. The van der Waals surface area contributed by atoms with E-state index in [4.69, 9.17) is 12.2 Å². The Kier molecular flexibility index (Phi) is 5.63. The number of amides is 1. The zero-order valence-electron chi connectivity index (χ0n) is 16.9. The van der Waals surface area contributed by atoms with Crippen molar-refractivity contribution in [3.05, 3.63) is 107 Å². The van der Waals surface area contributed by atoms with Crippen LogP contribution >= 0.6 is 12.2 Å². The molecule has 30 heavy (non-hydrogen) atoms. The third-order valence-electron chi connectivity index (χ3n) is 5.10. The standard InChI is InChI=1S/C25H23N3OS/c1-16-8-12-19(13-9-16)23-21(24(29)26-20-14-10-17(2)11-15-20)22(27-25(30)28-23)18-6-4-3-5-7-18/h3-15,23H,1-2H3,(H,26,29)(H2,27,28,30). The maximum Gasteiger partial charge on any atom is 0.256 e. The summed E-state index contributed by atoms with van der Waals surface area (Å²) < 4.78 is 0. The summed E-state index contributed by atoms with van der Waals surface area (Å²) in [6, 6.07) is 25.4. The predicted molar refractivity (Wildman–Crippen MR) is 126 cm³/mol. The number of nitrogens with one attached hydrogen (secondary N) is 3. The average Bonchev–Trinajstić information content (AvgIpc) is 2.76. The van der Waals surface area contributed by atoms with Crippen molar-refractivity contribution in [2.24, 2.45) is 0 Å². The number of carbonyl (C=O) groups is 1. The fourth-order valence-corrected chi connectivity index (χ4v) is 3.71. The van der Waals surface area contributed by atoms with Crippen molar-refractivity contribution in [1.29, 1.82) is 0 Å². The highest BCUT2D eigenvalue weighted by Gasteiger charge is 2.32. The second-order valence-electron chi connectivity index (χ2n) is 7.42. The molecule has 0 aliphatic carbocycles. The van der Waals surface area contributed by atoms with Gasteiger partial charge in [-0.2, -0.15) is 0 Å². The average molecular weight is 414 g/mol. The van der Waals surface area contributed by atoms with Crippen LogP contribution < -0.4 is 16.0 Å². The molecular formula is C25H23N3OS. The Morgan fingerprint density at radius 2 is 1.47 bits per heavy atom. The number of aryl methyl sites for hydroxylation is 2. The topological polar surface area (TPSA) is 53.2 Å². The van der Waals surface area contributed by atoms with Crippen molar-refractivity contribution in [3.8, 4) is 0 Å². The van der Waals surface area contributed by atoms with E-state index >= 15 is 0 Å². The van der Waals surface area contributed by atoms with Gasteiger partial charge in [0.15, 0.2) is 5.11 Å². The summed E-state index contributed by atoms with van der Waals surface area (Å²) >= 11 is 5.48. The van der Waals surface area contributed by atoms with Crippen LogP contribution in [0.5, 0.6) is 0 Å². The van der Waals surface area contributed by atoms with Crippen molar-refractivity contribution >= 4 is 34.6 Å². The van der Waals surface area contributed by atoms with Crippen molar-refractivity contribution in [2.45, 2.75) is 19.9 Å². The second-order valence-corrected chi connectivity index (χ2v) is 7.83. The number of rotatable bonds is 4. The van der Waals surface area contributed by atoms with Gasteiger partial charge >= 0.3 is 0 Å². The minimum atomic E-state index is -0.361. The fourth-order valence-electron chi connectivity index (χ4n) is 3.49. The molecule has 150 valence electrons. The van der Waals surface area contributed by atoms with Crippen LogP contribution in [0.1, 0.15) is 28.3 Å². The van der Waals surface area contributed by atoms with Crippen LogP contribution in [0.2, 0.25) is 0 Å². The molecule has 3 N–H and O–H groups in total. The largest absolute Gasteiger partial charge is 0.351 e. The van der Waals surface area contributed by atoms with Crippen LogP contribution in [0.15, 0.2) is 84.4 Å². The molecule has 3 aromatic carbocycles. The highest BCUT2D eigenvalue weighted by atomic mass is 32.1. The summed E-state index contributed by atoms with van der Waals surface area (Å²) in [6.07, 6.45) is 0. The Balaban J connectivity index is 1.81. The molecule has 0 radical (unpaired) electrons. The van der Waals surface area contributed by atoms with Gasteiger partial charge in [-0.3, -0.25) is 4.79 Å².